The van der Waals surface area contributed by atoms with Gasteiger partial charge < -0.3 is 19.3 Å². The molecule has 0 aromatic carbocycles. The quantitative estimate of drug-likeness (QED) is 0.0578. The van der Waals surface area contributed by atoms with Crippen molar-refractivity contribution < 1.29 is 38.5 Å². The van der Waals surface area contributed by atoms with Gasteiger partial charge in [-0.3, -0.25) is 19.7 Å². The van der Waals surface area contributed by atoms with Crippen LogP contribution in [-0.4, -0.2) is 75.5 Å². The van der Waals surface area contributed by atoms with Gasteiger partial charge >= 0.3 is 17.9 Å². The van der Waals surface area contributed by atoms with Gasteiger partial charge in [0.05, 0.1) is 70.7 Å². The average Bonchev–Trinajstić information content (AvgIpc) is 3.20. The summed E-state index contributed by atoms with van der Waals surface area (Å²) in [6.45, 7) is 5.68. The van der Waals surface area contributed by atoms with Crippen LogP contribution >= 0.6 is 114 Å². The molecule has 5 aromatic heterocycles. The van der Waals surface area contributed by atoms with Crippen molar-refractivity contribution in [3.63, 3.8) is 0 Å². The number of carbonyl (C=O) groups excluding carboxylic acids is 4. The summed E-state index contributed by atoms with van der Waals surface area (Å²) >= 11 is 23.9. The number of carbonyl (C=O) groups is 4. The Labute approximate surface area is 383 Å². The molecule has 13 nitrogen and oxygen atoms in total. The van der Waals surface area contributed by atoms with E-state index in [1.807, 2.05) is 26.8 Å². The Kier molecular flexibility index (Phi) is 24.7. The number of aldehydes is 1. The molecule has 0 aliphatic rings. The molecule has 0 bridgehead atoms. The lowest BCUT2D eigenvalue weighted by atomic mass is 10.2. The van der Waals surface area contributed by atoms with E-state index in [1.54, 1.807) is 36.7 Å². The van der Waals surface area contributed by atoms with Crippen molar-refractivity contribution in [2.75, 3.05) is 21.3 Å². The molecule has 298 valence electrons. The fourth-order valence-corrected chi connectivity index (χ4v) is 5.46. The first-order valence-corrected chi connectivity index (χ1v) is 20.6. The summed E-state index contributed by atoms with van der Waals surface area (Å²) < 4.78 is 18.4. The molecule has 0 unspecified atom stereocenters. The zero-order valence-corrected chi connectivity index (χ0v) is 41.1. The molecule has 0 atom stereocenters. The number of esters is 3. The summed E-state index contributed by atoms with van der Waals surface area (Å²) in [4.78, 5) is 62.9. The van der Waals surface area contributed by atoms with E-state index in [0.717, 1.165) is 50.5 Å². The predicted molar refractivity (Wildman–Crippen MR) is 237 cm³/mol. The molecule has 0 aliphatic carbocycles. The molecule has 1 N–H and O–H groups in total. The number of hydrogen-bond donors (Lipinski definition) is 1. The summed E-state index contributed by atoms with van der Waals surface area (Å²) in [5.41, 5.74) is 5.38. The minimum atomic E-state index is -0.431. The normalized spacial score (nSPS) is 9.61. The Balaban J connectivity index is 0.000000351. The number of halogens is 7. The predicted octanol–water partition coefficient (Wildman–Crippen LogP) is 10.1. The second-order valence-corrected chi connectivity index (χ2v) is 15.9. The van der Waals surface area contributed by atoms with Gasteiger partial charge in [-0.25, -0.2) is 24.4 Å². The Morgan fingerprint density at radius 2 is 1.02 bits per heavy atom. The Bertz CT molecular complexity index is 1980. The lowest BCUT2D eigenvalue weighted by Crippen LogP contribution is -2.02. The van der Waals surface area contributed by atoms with Gasteiger partial charge in [-0.1, -0.05) is 11.6 Å². The third kappa shape index (κ3) is 18.2. The third-order valence-electron chi connectivity index (χ3n) is 6.33. The molecule has 0 fully saturated rings. The van der Waals surface area contributed by atoms with Crippen molar-refractivity contribution in [3.05, 3.63) is 137 Å². The lowest BCUT2D eigenvalue weighted by Gasteiger charge is -2.00. The number of nitrogens with zero attached hydrogens (tertiary/aromatic N) is 5. The number of aliphatic hydroxyl groups excluding tert-OH is 1. The molecule has 5 heterocycles. The highest BCUT2D eigenvalue weighted by molar-refractivity contribution is 14.1. The van der Waals surface area contributed by atoms with Gasteiger partial charge in [0.1, 0.15) is 8.85 Å². The molecule has 56 heavy (non-hydrogen) atoms. The number of hydrogen-bond acceptors (Lipinski definition) is 13. The molecule has 0 spiro atoms. The first-order valence-electron chi connectivity index (χ1n) is 15.2. The van der Waals surface area contributed by atoms with Crippen LogP contribution < -0.4 is 0 Å². The van der Waals surface area contributed by atoms with Gasteiger partial charge in [-0.15, -0.1) is 0 Å². The van der Waals surface area contributed by atoms with Gasteiger partial charge in [0, 0.05) is 50.0 Å². The first-order chi connectivity index (χ1) is 26.4. The van der Waals surface area contributed by atoms with Crippen LogP contribution in [0.25, 0.3) is 0 Å². The number of rotatable bonds is 5. The van der Waals surface area contributed by atoms with Gasteiger partial charge in [0.15, 0.2) is 6.29 Å². The zero-order valence-electron chi connectivity index (χ0n) is 30.2. The van der Waals surface area contributed by atoms with E-state index in [1.165, 1.54) is 39.9 Å². The molecule has 0 amide bonds. The molecule has 5 aromatic rings. The third-order valence-corrected chi connectivity index (χ3v) is 12.1. The smallest absolute Gasteiger partial charge is 0.339 e. The summed E-state index contributed by atoms with van der Waals surface area (Å²) in [5, 5.41) is 9.01. The lowest BCUT2D eigenvalue weighted by molar-refractivity contribution is 0.0591. The largest absolute Gasteiger partial charge is 0.465 e. The Morgan fingerprint density at radius 1 is 0.625 bits per heavy atom. The van der Waals surface area contributed by atoms with Crippen LogP contribution in [0.5, 0.6) is 0 Å². The summed E-state index contributed by atoms with van der Waals surface area (Å²) in [5.74, 6) is -1.18. The summed E-state index contributed by atoms with van der Waals surface area (Å²) in [7, 11) is 4.00. The van der Waals surface area contributed by atoms with E-state index in [2.05, 4.69) is 141 Å². The molecule has 5 rings (SSSR count). The molecule has 0 radical (unpaired) electrons. The highest BCUT2D eigenvalue weighted by Gasteiger charge is 2.09. The van der Waals surface area contributed by atoms with E-state index in [-0.39, 0.29) is 18.5 Å². The summed E-state index contributed by atoms with van der Waals surface area (Å²) in [6.07, 6.45) is 8.33. The first kappa shape index (κ1) is 51.2. The maximum absolute atomic E-state index is 11.0. The van der Waals surface area contributed by atoms with Gasteiger partial charge in [0.25, 0.3) is 0 Å². The molecule has 20 heteroatoms. The van der Waals surface area contributed by atoms with E-state index in [0.29, 0.717) is 31.9 Å². The second-order valence-electron chi connectivity index (χ2n) is 10.3. The molecule has 0 aliphatic heterocycles. The van der Waals surface area contributed by atoms with Crippen molar-refractivity contribution in [1.29, 1.82) is 0 Å². The topological polar surface area (TPSA) is 181 Å². The van der Waals surface area contributed by atoms with Crippen molar-refractivity contribution in [1.82, 2.24) is 24.9 Å². The fraction of sp³-hybridized carbons (Fsp3) is 0.194. The van der Waals surface area contributed by atoms with Gasteiger partial charge in [-0.05, 0) is 159 Å². The number of aromatic nitrogens is 5. The molecular formula is C36H32Br5ClIN5O8. The fourth-order valence-electron chi connectivity index (χ4n) is 3.26. The van der Waals surface area contributed by atoms with E-state index in [9.17, 15) is 19.2 Å². The Morgan fingerprint density at radius 3 is 1.41 bits per heavy atom. The number of pyridine rings is 5. The van der Waals surface area contributed by atoms with E-state index >= 15 is 0 Å². The number of aryl methyl sites for hydroxylation is 3. The van der Waals surface area contributed by atoms with Gasteiger partial charge in [-0.2, -0.15) is 0 Å². The van der Waals surface area contributed by atoms with Crippen molar-refractivity contribution in [3.8, 4) is 0 Å². The highest BCUT2D eigenvalue weighted by Crippen LogP contribution is 2.21. The monoisotopic (exact) mass is 1220 g/mol. The van der Waals surface area contributed by atoms with Gasteiger partial charge in [0.2, 0.25) is 0 Å². The van der Waals surface area contributed by atoms with Crippen LogP contribution in [0.2, 0.25) is 5.15 Å². The minimum absolute atomic E-state index is 0.0475. The molecular weight excluding hydrogens is 1190 g/mol. The minimum Gasteiger partial charge on any atom is -0.465 e. The van der Waals surface area contributed by atoms with Crippen LogP contribution in [0.4, 0.5) is 0 Å². The van der Waals surface area contributed by atoms with Crippen LogP contribution in [0.15, 0.2) is 83.7 Å². The summed E-state index contributed by atoms with van der Waals surface area (Å²) in [6, 6.07) is 8.54. The van der Waals surface area contributed by atoms with Crippen LogP contribution in [0, 0.1) is 24.5 Å². The second kappa shape index (κ2) is 27.0. The zero-order chi connectivity index (χ0) is 42.5. The van der Waals surface area contributed by atoms with Crippen molar-refractivity contribution in [2.45, 2.75) is 27.4 Å². The number of methoxy groups -OCH3 is 3. The number of ether oxygens (including phenoxy) is 3. The van der Waals surface area contributed by atoms with Crippen LogP contribution in [0.3, 0.4) is 0 Å². The van der Waals surface area contributed by atoms with Crippen molar-refractivity contribution >= 4 is 138 Å². The standard InChI is InChI=1S/C8H8BrNO2.C7H5BrClNO2.C7H5BrINO2.C7H8BrNO.C7H6BrNO/c1-5-7(9)3-6(4-10-5)8(11)12-2;2*1-12-7(11)4-2-5(8)6(9)10-3-4;2*1-5-7(8)2-6(4-10)3-9-5/h3-4H,1-2H3;2*2-3H,1H3;2-3,10H,4H2,1H3;2-4H,1H3. The van der Waals surface area contributed by atoms with E-state index < -0.39 is 5.97 Å². The van der Waals surface area contributed by atoms with Crippen LogP contribution in [-0.2, 0) is 20.8 Å². The highest BCUT2D eigenvalue weighted by atomic mass is 127. The van der Waals surface area contributed by atoms with Crippen LogP contribution in [0.1, 0.15) is 64.1 Å². The molecule has 0 saturated heterocycles. The average molecular weight is 1220 g/mol. The maximum atomic E-state index is 11.0. The van der Waals surface area contributed by atoms with E-state index in [4.69, 9.17) is 16.7 Å². The van der Waals surface area contributed by atoms with Crippen molar-refractivity contribution in [2.24, 2.45) is 0 Å². The maximum Gasteiger partial charge on any atom is 0.339 e. The number of aliphatic hydroxyl groups is 1. The SMILES string of the molecule is COC(=O)c1cnc(C)c(Br)c1.COC(=O)c1cnc(Cl)c(Br)c1.COC(=O)c1cnc(I)c(Br)c1.Cc1ncc(C=O)cc1Br.Cc1ncc(CO)cc1Br. The molecule has 0 saturated carbocycles. The Hall–Kier alpha value is -2.79.